The van der Waals surface area contributed by atoms with E-state index >= 15 is 0 Å². The molecule has 0 saturated carbocycles. The summed E-state index contributed by atoms with van der Waals surface area (Å²) in [6.07, 6.45) is 0. The van der Waals surface area contributed by atoms with Crippen molar-refractivity contribution < 1.29 is 13.2 Å². The van der Waals surface area contributed by atoms with Gasteiger partial charge in [-0.2, -0.15) is 0 Å². The van der Waals surface area contributed by atoms with Crippen molar-refractivity contribution in [2.75, 3.05) is 5.32 Å². The molecule has 0 aliphatic carbocycles. The van der Waals surface area contributed by atoms with Crippen molar-refractivity contribution in [3.05, 3.63) is 62.8 Å². The molecule has 0 saturated heterocycles. The molecule has 0 atom stereocenters. The topological polar surface area (TPSA) is 12.0 Å². The fraction of sp³-hybridized carbons (Fsp3) is 0.0769. The molecule has 0 unspecified atom stereocenters. The first-order chi connectivity index (χ1) is 8.97. The molecule has 0 fully saturated rings. The summed E-state index contributed by atoms with van der Waals surface area (Å²) < 4.78 is 40.0. The van der Waals surface area contributed by atoms with E-state index < -0.39 is 17.5 Å². The Hall–Kier alpha value is -1.20. The Morgan fingerprint density at radius 2 is 1.74 bits per heavy atom. The molecule has 19 heavy (non-hydrogen) atoms. The number of benzene rings is 2. The maximum Gasteiger partial charge on any atom is 0.147 e. The molecule has 1 nitrogen and oxygen atoms in total. The van der Waals surface area contributed by atoms with Crippen LogP contribution in [0.2, 0.25) is 5.02 Å². The largest absolute Gasteiger partial charge is 0.379 e. The highest BCUT2D eigenvalue weighted by molar-refractivity contribution is 9.10. The Morgan fingerprint density at radius 3 is 2.42 bits per heavy atom. The van der Waals surface area contributed by atoms with E-state index in [4.69, 9.17) is 11.6 Å². The first-order valence-corrected chi connectivity index (χ1v) is 6.47. The molecule has 2 aromatic carbocycles. The fourth-order valence-corrected chi connectivity index (χ4v) is 1.94. The van der Waals surface area contributed by atoms with Gasteiger partial charge in [-0.1, -0.05) is 17.7 Å². The lowest BCUT2D eigenvalue weighted by molar-refractivity contribution is 0.596. The monoisotopic (exact) mass is 349 g/mol. The number of hydrogen-bond donors (Lipinski definition) is 1. The molecule has 0 aromatic heterocycles. The molecule has 2 rings (SSSR count). The van der Waals surface area contributed by atoms with Crippen LogP contribution < -0.4 is 5.32 Å². The molecule has 100 valence electrons. The summed E-state index contributed by atoms with van der Waals surface area (Å²) in [4.78, 5) is 0. The highest BCUT2D eigenvalue weighted by atomic mass is 79.9. The molecule has 0 heterocycles. The van der Waals surface area contributed by atoms with Crippen molar-refractivity contribution in [3.8, 4) is 0 Å². The minimum atomic E-state index is -0.595. The van der Waals surface area contributed by atoms with Gasteiger partial charge in [-0.05, 0) is 39.7 Å². The van der Waals surface area contributed by atoms with Gasteiger partial charge < -0.3 is 5.32 Å². The minimum Gasteiger partial charge on any atom is -0.379 e. The van der Waals surface area contributed by atoms with E-state index in [9.17, 15) is 13.2 Å². The molecule has 2 aromatic rings. The second-order valence-electron chi connectivity index (χ2n) is 3.85. The maximum atomic E-state index is 13.5. The van der Waals surface area contributed by atoms with Crippen LogP contribution in [0.1, 0.15) is 5.56 Å². The zero-order valence-corrected chi connectivity index (χ0v) is 11.8. The lowest BCUT2D eigenvalue weighted by atomic mass is 10.2. The van der Waals surface area contributed by atoms with Crippen molar-refractivity contribution >= 4 is 33.2 Å². The van der Waals surface area contributed by atoms with Crippen molar-refractivity contribution in [3.63, 3.8) is 0 Å². The Morgan fingerprint density at radius 1 is 1.00 bits per heavy atom. The number of anilines is 1. The Labute approximate surface area is 121 Å². The number of rotatable bonds is 3. The summed E-state index contributed by atoms with van der Waals surface area (Å²) >= 11 is 8.44. The van der Waals surface area contributed by atoms with E-state index in [1.54, 1.807) is 6.07 Å². The first kappa shape index (κ1) is 14.2. The van der Waals surface area contributed by atoms with Crippen molar-refractivity contribution in [1.29, 1.82) is 0 Å². The van der Waals surface area contributed by atoms with Crippen molar-refractivity contribution in [2.45, 2.75) is 6.54 Å². The van der Waals surface area contributed by atoms with Crippen LogP contribution in [0.5, 0.6) is 0 Å². The third-order valence-corrected chi connectivity index (χ3v) is 3.39. The van der Waals surface area contributed by atoms with Crippen LogP contribution in [-0.4, -0.2) is 0 Å². The molecule has 0 aliphatic heterocycles. The van der Waals surface area contributed by atoms with Gasteiger partial charge in [0.05, 0.1) is 15.2 Å². The van der Waals surface area contributed by atoms with Crippen LogP contribution in [0.25, 0.3) is 0 Å². The molecule has 0 spiro atoms. The molecule has 1 N–H and O–H groups in total. The van der Waals surface area contributed by atoms with Gasteiger partial charge in [0, 0.05) is 12.6 Å². The molecule has 0 bridgehead atoms. The summed E-state index contributed by atoms with van der Waals surface area (Å²) in [5.41, 5.74) is 0.584. The normalized spacial score (nSPS) is 10.6. The lowest BCUT2D eigenvalue weighted by Crippen LogP contribution is -2.02. The Balaban J connectivity index is 2.14. The van der Waals surface area contributed by atoms with Crippen LogP contribution in [0.15, 0.2) is 34.8 Å². The van der Waals surface area contributed by atoms with E-state index in [-0.39, 0.29) is 21.7 Å². The predicted octanol–water partition coefficient (Wildman–Crippen LogP) is 5.13. The summed E-state index contributed by atoms with van der Waals surface area (Å²) in [5.74, 6) is -1.72. The van der Waals surface area contributed by atoms with E-state index in [2.05, 4.69) is 21.2 Å². The average Bonchev–Trinajstić information content (AvgIpc) is 2.36. The van der Waals surface area contributed by atoms with E-state index in [1.165, 1.54) is 12.1 Å². The van der Waals surface area contributed by atoms with E-state index in [0.717, 1.165) is 12.1 Å². The molecular formula is C13H8BrClF3N. The van der Waals surface area contributed by atoms with Gasteiger partial charge in [0.2, 0.25) is 0 Å². The molecule has 6 heteroatoms. The Bertz CT molecular complexity index is 619. The average molecular weight is 351 g/mol. The summed E-state index contributed by atoms with van der Waals surface area (Å²) in [6.45, 7) is 0.159. The quantitative estimate of drug-likeness (QED) is 0.757. The second-order valence-corrected chi connectivity index (χ2v) is 5.11. The minimum absolute atomic E-state index is 0.0102. The van der Waals surface area contributed by atoms with E-state index in [1.807, 2.05) is 0 Å². The van der Waals surface area contributed by atoms with Crippen LogP contribution in [0.3, 0.4) is 0 Å². The van der Waals surface area contributed by atoms with Gasteiger partial charge in [0.1, 0.15) is 17.5 Å². The fourth-order valence-electron chi connectivity index (χ4n) is 1.50. The smallest absolute Gasteiger partial charge is 0.147 e. The van der Waals surface area contributed by atoms with Gasteiger partial charge in [-0.25, -0.2) is 13.2 Å². The van der Waals surface area contributed by atoms with E-state index in [0.29, 0.717) is 5.56 Å². The van der Waals surface area contributed by atoms with Gasteiger partial charge in [0.25, 0.3) is 0 Å². The SMILES string of the molecule is Fc1cc(CNc2cc(F)c(Br)cc2F)ccc1Cl. The standard InChI is InChI=1S/C13H8BrClF3N/c14-8-4-12(18)13(5-10(8)16)19-6-7-1-2-9(15)11(17)3-7/h1-5,19H,6H2. The molecular weight excluding hydrogens is 343 g/mol. The van der Waals surface area contributed by atoms with Crippen LogP contribution in [0, 0.1) is 17.5 Å². The van der Waals surface area contributed by atoms with Crippen molar-refractivity contribution in [2.24, 2.45) is 0 Å². The second kappa shape index (κ2) is 5.84. The third-order valence-electron chi connectivity index (χ3n) is 2.48. The van der Waals surface area contributed by atoms with Crippen LogP contribution in [0.4, 0.5) is 18.9 Å². The summed E-state index contributed by atoms with van der Waals surface area (Å²) in [6, 6.07) is 6.31. The number of hydrogen-bond acceptors (Lipinski definition) is 1. The van der Waals surface area contributed by atoms with Crippen molar-refractivity contribution in [1.82, 2.24) is 0 Å². The van der Waals surface area contributed by atoms with Gasteiger partial charge in [-0.15, -0.1) is 0 Å². The summed E-state index contributed by atoms with van der Waals surface area (Å²) in [7, 11) is 0. The van der Waals surface area contributed by atoms with Crippen LogP contribution >= 0.6 is 27.5 Å². The molecule has 0 aliphatic rings. The number of nitrogens with one attached hydrogen (secondary N) is 1. The zero-order valence-electron chi connectivity index (χ0n) is 9.48. The molecule has 0 amide bonds. The number of halogens is 5. The predicted molar refractivity (Wildman–Crippen MR) is 72.8 cm³/mol. The molecule has 0 radical (unpaired) electrons. The van der Waals surface area contributed by atoms with Gasteiger partial charge in [-0.3, -0.25) is 0 Å². The third kappa shape index (κ3) is 3.42. The van der Waals surface area contributed by atoms with Gasteiger partial charge >= 0.3 is 0 Å². The summed E-state index contributed by atoms with van der Waals surface area (Å²) in [5, 5.41) is 2.72. The zero-order chi connectivity index (χ0) is 14.0. The lowest BCUT2D eigenvalue weighted by Gasteiger charge is -2.09. The van der Waals surface area contributed by atoms with Crippen LogP contribution in [-0.2, 0) is 6.54 Å². The highest BCUT2D eigenvalue weighted by Gasteiger charge is 2.08. The first-order valence-electron chi connectivity index (χ1n) is 5.29. The maximum absolute atomic E-state index is 13.5. The van der Waals surface area contributed by atoms with Gasteiger partial charge in [0.15, 0.2) is 0 Å². The highest BCUT2D eigenvalue weighted by Crippen LogP contribution is 2.24. The Kier molecular flexibility index (Phi) is 4.37.